The number of carbonyl (C=O) groups excluding carboxylic acids is 1. The predicted molar refractivity (Wildman–Crippen MR) is 73.7 cm³/mol. The smallest absolute Gasteiger partial charge is 0.244 e. The van der Waals surface area contributed by atoms with Crippen LogP contribution in [0.15, 0.2) is 36.9 Å². The van der Waals surface area contributed by atoms with Crippen LogP contribution < -0.4 is 5.32 Å². The van der Waals surface area contributed by atoms with Crippen molar-refractivity contribution >= 4 is 5.91 Å². The highest BCUT2D eigenvalue weighted by Gasteiger charge is 2.14. The molecule has 0 saturated heterocycles. The van der Waals surface area contributed by atoms with E-state index in [1.54, 1.807) is 14.0 Å². The van der Waals surface area contributed by atoms with E-state index in [9.17, 15) is 4.79 Å². The van der Waals surface area contributed by atoms with Gasteiger partial charge in [0.05, 0.1) is 6.61 Å². The van der Waals surface area contributed by atoms with Gasteiger partial charge in [0.1, 0.15) is 18.7 Å². The number of hydrogen-bond donors (Lipinski definition) is 1. The van der Waals surface area contributed by atoms with Crippen LogP contribution in [-0.4, -0.2) is 27.8 Å². The molecule has 106 valence electrons. The zero-order valence-electron chi connectivity index (χ0n) is 11.6. The van der Waals surface area contributed by atoms with Gasteiger partial charge in [-0.05, 0) is 18.1 Å². The predicted octanol–water partition coefficient (Wildman–Crippen LogP) is 1.30. The van der Waals surface area contributed by atoms with E-state index in [-0.39, 0.29) is 11.9 Å². The van der Waals surface area contributed by atoms with Crippen LogP contribution in [0.1, 0.15) is 24.1 Å². The second-order valence-corrected chi connectivity index (χ2v) is 4.52. The third kappa shape index (κ3) is 3.64. The summed E-state index contributed by atoms with van der Waals surface area (Å²) in [6.07, 6.45) is 2.95. The Hall–Kier alpha value is -2.21. The van der Waals surface area contributed by atoms with E-state index in [1.165, 1.54) is 17.3 Å². The Morgan fingerprint density at radius 1 is 1.35 bits per heavy atom. The van der Waals surface area contributed by atoms with Crippen LogP contribution in [0.3, 0.4) is 0 Å². The minimum absolute atomic E-state index is 0.0866. The quantitative estimate of drug-likeness (QED) is 0.862. The highest BCUT2D eigenvalue weighted by molar-refractivity contribution is 5.79. The van der Waals surface area contributed by atoms with Crippen molar-refractivity contribution in [1.29, 1.82) is 0 Å². The molecular formula is C14H18N4O2. The molecule has 6 heteroatoms. The molecule has 6 nitrogen and oxygen atoms in total. The molecule has 1 unspecified atom stereocenters. The van der Waals surface area contributed by atoms with E-state index in [1.807, 2.05) is 24.3 Å². The highest BCUT2D eigenvalue weighted by Crippen LogP contribution is 2.07. The molecule has 0 fully saturated rings. The molecule has 1 heterocycles. The summed E-state index contributed by atoms with van der Waals surface area (Å²) < 4.78 is 6.58. The first kappa shape index (κ1) is 14.2. The zero-order chi connectivity index (χ0) is 14.4. The number of amides is 1. The fourth-order valence-corrected chi connectivity index (χ4v) is 1.79. The number of nitrogens with zero attached hydrogens (tertiary/aromatic N) is 3. The molecule has 0 bridgehead atoms. The Balaban J connectivity index is 1.86. The lowest BCUT2D eigenvalue weighted by atomic mass is 10.1. The Kier molecular flexibility index (Phi) is 4.84. The molecule has 0 aliphatic heterocycles. The number of nitrogens with one attached hydrogen (secondary N) is 1. The number of ether oxygens (including phenoxy) is 1. The van der Waals surface area contributed by atoms with Crippen LogP contribution in [0, 0.1) is 0 Å². The standard InChI is InChI=1S/C14H18N4O2/c1-11(18-10-15-9-17-18)14(19)16-7-12-3-5-13(6-4-12)8-20-2/h3-6,9-11H,7-8H2,1-2H3,(H,16,19). The minimum Gasteiger partial charge on any atom is -0.380 e. The molecule has 1 aromatic heterocycles. The van der Waals surface area contributed by atoms with Crippen molar-refractivity contribution in [2.75, 3.05) is 7.11 Å². The third-order valence-electron chi connectivity index (χ3n) is 3.01. The molecule has 2 aromatic rings. The normalized spacial score (nSPS) is 12.1. The SMILES string of the molecule is COCc1ccc(CNC(=O)C(C)n2cncn2)cc1. The molecule has 1 atom stereocenters. The van der Waals surface area contributed by atoms with Gasteiger partial charge in [-0.25, -0.2) is 9.67 Å². The van der Waals surface area contributed by atoms with E-state index in [2.05, 4.69) is 15.4 Å². The van der Waals surface area contributed by atoms with Gasteiger partial charge in [-0.1, -0.05) is 24.3 Å². The average molecular weight is 274 g/mol. The van der Waals surface area contributed by atoms with Crippen molar-refractivity contribution in [2.45, 2.75) is 26.1 Å². The van der Waals surface area contributed by atoms with Gasteiger partial charge in [0, 0.05) is 13.7 Å². The van der Waals surface area contributed by atoms with E-state index >= 15 is 0 Å². The number of methoxy groups -OCH3 is 1. The van der Waals surface area contributed by atoms with Crippen LogP contribution >= 0.6 is 0 Å². The van der Waals surface area contributed by atoms with Gasteiger partial charge in [-0.15, -0.1) is 0 Å². The molecule has 20 heavy (non-hydrogen) atoms. The number of rotatable bonds is 6. The van der Waals surface area contributed by atoms with Gasteiger partial charge in [0.2, 0.25) is 5.91 Å². The molecule has 1 amide bonds. The number of aromatic nitrogens is 3. The van der Waals surface area contributed by atoms with E-state index < -0.39 is 0 Å². The van der Waals surface area contributed by atoms with Crippen LogP contribution in [0.5, 0.6) is 0 Å². The number of carbonyl (C=O) groups is 1. The van der Waals surface area contributed by atoms with E-state index in [0.29, 0.717) is 13.2 Å². The molecule has 0 aliphatic rings. The fourth-order valence-electron chi connectivity index (χ4n) is 1.79. The van der Waals surface area contributed by atoms with Gasteiger partial charge in [-0.2, -0.15) is 5.10 Å². The summed E-state index contributed by atoms with van der Waals surface area (Å²) in [5, 5.41) is 6.83. The largest absolute Gasteiger partial charge is 0.380 e. The van der Waals surface area contributed by atoms with Crippen LogP contribution in [-0.2, 0) is 22.7 Å². The maximum Gasteiger partial charge on any atom is 0.244 e. The van der Waals surface area contributed by atoms with Gasteiger partial charge in [0.25, 0.3) is 0 Å². The van der Waals surface area contributed by atoms with Gasteiger partial charge in [0.15, 0.2) is 0 Å². The first-order valence-electron chi connectivity index (χ1n) is 6.39. The second kappa shape index (κ2) is 6.81. The molecule has 1 aromatic carbocycles. The van der Waals surface area contributed by atoms with Crippen LogP contribution in [0.4, 0.5) is 0 Å². The van der Waals surface area contributed by atoms with E-state index in [0.717, 1.165) is 11.1 Å². The monoisotopic (exact) mass is 274 g/mol. The highest BCUT2D eigenvalue weighted by atomic mass is 16.5. The Morgan fingerprint density at radius 2 is 2.05 bits per heavy atom. The lowest BCUT2D eigenvalue weighted by Gasteiger charge is -2.12. The first-order valence-corrected chi connectivity index (χ1v) is 6.39. The maximum absolute atomic E-state index is 12.0. The molecule has 0 radical (unpaired) electrons. The lowest BCUT2D eigenvalue weighted by Crippen LogP contribution is -2.30. The van der Waals surface area contributed by atoms with Crippen LogP contribution in [0.25, 0.3) is 0 Å². The summed E-state index contributed by atoms with van der Waals surface area (Å²) in [6.45, 7) is 2.87. The van der Waals surface area contributed by atoms with Gasteiger partial charge in [-0.3, -0.25) is 4.79 Å². The molecule has 0 aliphatic carbocycles. The summed E-state index contributed by atoms with van der Waals surface area (Å²) in [5.41, 5.74) is 2.16. The molecule has 0 saturated carbocycles. The third-order valence-corrected chi connectivity index (χ3v) is 3.01. The fraction of sp³-hybridized carbons (Fsp3) is 0.357. The molecule has 2 rings (SSSR count). The maximum atomic E-state index is 12.0. The minimum atomic E-state index is -0.370. The van der Waals surface area contributed by atoms with Crippen molar-refractivity contribution in [1.82, 2.24) is 20.1 Å². The van der Waals surface area contributed by atoms with Gasteiger partial charge < -0.3 is 10.1 Å². The Labute approximate surface area is 117 Å². The summed E-state index contributed by atoms with van der Waals surface area (Å²) in [6, 6.07) is 7.58. The zero-order valence-corrected chi connectivity index (χ0v) is 11.6. The number of hydrogen-bond acceptors (Lipinski definition) is 4. The van der Waals surface area contributed by atoms with Crippen molar-refractivity contribution in [3.8, 4) is 0 Å². The summed E-state index contributed by atoms with van der Waals surface area (Å²) in [5.74, 6) is -0.0866. The van der Waals surface area contributed by atoms with E-state index in [4.69, 9.17) is 4.74 Å². The Bertz CT molecular complexity index is 537. The summed E-state index contributed by atoms with van der Waals surface area (Å²) in [7, 11) is 1.67. The van der Waals surface area contributed by atoms with Crippen molar-refractivity contribution in [3.05, 3.63) is 48.0 Å². The van der Waals surface area contributed by atoms with Crippen molar-refractivity contribution < 1.29 is 9.53 Å². The van der Waals surface area contributed by atoms with Gasteiger partial charge >= 0.3 is 0 Å². The number of benzene rings is 1. The Morgan fingerprint density at radius 3 is 2.65 bits per heavy atom. The van der Waals surface area contributed by atoms with Crippen molar-refractivity contribution in [3.63, 3.8) is 0 Å². The first-order chi connectivity index (χ1) is 9.70. The average Bonchev–Trinajstić information content (AvgIpc) is 3.00. The topological polar surface area (TPSA) is 69.0 Å². The molecular weight excluding hydrogens is 256 g/mol. The van der Waals surface area contributed by atoms with Crippen molar-refractivity contribution in [2.24, 2.45) is 0 Å². The summed E-state index contributed by atoms with van der Waals surface area (Å²) >= 11 is 0. The molecule has 1 N–H and O–H groups in total. The van der Waals surface area contributed by atoms with Crippen LogP contribution in [0.2, 0.25) is 0 Å². The summed E-state index contributed by atoms with van der Waals surface area (Å²) in [4.78, 5) is 15.8. The second-order valence-electron chi connectivity index (χ2n) is 4.52. The lowest BCUT2D eigenvalue weighted by molar-refractivity contribution is -0.124. The molecule has 0 spiro atoms.